The van der Waals surface area contributed by atoms with Crippen molar-refractivity contribution < 1.29 is 4.74 Å². The van der Waals surface area contributed by atoms with Crippen molar-refractivity contribution >= 4 is 0 Å². The molecule has 0 aliphatic carbocycles. The zero-order valence-corrected chi connectivity index (χ0v) is 12.6. The van der Waals surface area contributed by atoms with Gasteiger partial charge in [-0.1, -0.05) is 48.4 Å². The summed E-state index contributed by atoms with van der Waals surface area (Å²) in [5.41, 5.74) is 2.41. The smallest absolute Gasteiger partial charge is 0.119 e. The first-order chi connectivity index (χ1) is 10.3. The standard InChI is InChI=1S/C19H21NO/c1-3-4-14-20-16(2)18-10-12-19(13-11-18)21-15-17-8-6-5-7-9-17/h5-13,16,20H,14-15H2,1-2H3. The molecular formula is C19H21NO. The number of nitrogens with one attached hydrogen (secondary N) is 1. The zero-order valence-electron chi connectivity index (χ0n) is 12.6. The Hall–Kier alpha value is -2.24. The lowest BCUT2D eigenvalue weighted by Crippen LogP contribution is -2.18. The maximum Gasteiger partial charge on any atom is 0.119 e. The van der Waals surface area contributed by atoms with Crippen molar-refractivity contribution in [3.8, 4) is 17.6 Å². The van der Waals surface area contributed by atoms with Gasteiger partial charge in [-0.05, 0) is 37.1 Å². The van der Waals surface area contributed by atoms with Crippen LogP contribution in [-0.2, 0) is 6.61 Å². The van der Waals surface area contributed by atoms with E-state index in [0.29, 0.717) is 13.2 Å². The number of ether oxygens (including phenoxy) is 1. The van der Waals surface area contributed by atoms with Crippen molar-refractivity contribution in [2.24, 2.45) is 0 Å². The first-order valence-corrected chi connectivity index (χ1v) is 7.19. The average molecular weight is 279 g/mol. The molecule has 1 N–H and O–H groups in total. The molecule has 0 saturated heterocycles. The van der Waals surface area contributed by atoms with Crippen LogP contribution in [0, 0.1) is 11.8 Å². The van der Waals surface area contributed by atoms with E-state index >= 15 is 0 Å². The summed E-state index contributed by atoms with van der Waals surface area (Å²) in [4.78, 5) is 0. The Morgan fingerprint density at radius 3 is 2.43 bits per heavy atom. The molecule has 0 radical (unpaired) electrons. The van der Waals surface area contributed by atoms with Crippen LogP contribution < -0.4 is 10.1 Å². The summed E-state index contributed by atoms with van der Waals surface area (Å²) < 4.78 is 5.78. The van der Waals surface area contributed by atoms with E-state index in [-0.39, 0.29) is 6.04 Å². The van der Waals surface area contributed by atoms with Crippen LogP contribution in [0.2, 0.25) is 0 Å². The molecule has 2 heteroatoms. The molecular weight excluding hydrogens is 258 g/mol. The van der Waals surface area contributed by atoms with Crippen molar-refractivity contribution in [3.63, 3.8) is 0 Å². The second kappa shape index (κ2) is 8.14. The van der Waals surface area contributed by atoms with Crippen LogP contribution in [0.1, 0.15) is 31.0 Å². The van der Waals surface area contributed by atoms with Gasteiger partial charge in [0.25, 0.3) is 0 Å². The highest BCUT2D eigenvalue weighted by molar-refractivity contribution is 5.29. The maximum absolute atomic E-state index is 5.78. The van der Waals surface area contributed by atoms with Crippen LogP contribution in [0.25, 0.3) is 0 Å². The lowest BCUT2D eigenvalue weighted by Gasteiger charge is -2.13. The van der Waals surface area contributed by atoms with Gasteiger partial charge in [0.05, 0.1) is 6.54 Å². The molecule has 0 aromatic heterocycles. The zero-order chi connectivity index (χ0) is 14.9. The van der Waals surface area contributed by atoms with Crippen molar-refractivity contribution in [1.82, 2.24) is 5.32 Å². The average Bonchev–Trinajstić information content (AvgIpc) is 2.54. The molecule has 0 saturated carbocycles. The van der Waals surface area contributed by atoms with Crippen LogP contribution >= 0.6 is 0 Å². The molecule has 0 aliphatic heterocycles. The van der Waals surface area contributed by atoms with E-state index in [0.717, 1.165) is 5.75 Å². The minimum Gasteiger partial charge on any atom is -0.489 e. The largest absolute Gasteiger partial charge is 0.489 e. The van der Waals surface area contributed by atoms with E-state index in [1.807, 2.05) is 37.3 Å². The molecule has 2 aromatic carbocycles. The monoisotopic (exact) mass is 279 g/mol. The Bertz CT molecular complexity index is 593. The van der Waals surface area contributed by atoms with Gasteiger partial charge in [-0.3, -0.25) is 5.32 Å². The lowest BCUT2D eigenvalue weighted by molar-refractivity contribution is 0.306. The Morgan fingerprint density at radius 1 is 1.05 bits per heavy atom. The molecule has 21 heavy (non-hydrogen) atoms. The summed E-state index contributed by atoms with van der Waals surface area (Å²) in [6, 6.07) is 18.7. The summed E-state index contributed by atoms with van der Waals surface area (Å²) in [7, 11) is 0. The van der Waals surface area contributed by atoms with Crippen molar-refractivity contribution in [1.29, 1.82) is 0 Å². The van der Waals surface area contributed by atoms with Crippen molar-refractivity contribution in [2.45, 2.75) is 26.5 Å². The molecule has 2 nitrogen and oxygen atoms in total. The predicted octanol–water partition coefficient (Wildman–Crippen LogP) is 3.94. The molecule has 0 aliphatic rings. The first kappa shape index (κ1) is 15.2. The molecule has 0 amide bonds. The van der Waals surface area contributed by atoms with Crippen LogP contribution in [0.5, 0.6) is 5.75 Å². The van der Waals surface area contributed by atoms with E-state index in [1.165, 1.54) is 11.1 Å². The van der Waals surface area contributed by atoms with E-state index in [2.05, 4.69) is 48.3 Å². The third-order valence-electron chi connectivity index (χ3n) is 3.30. The van der Waals surface area contributed by atoms with Gasteiger partial charge in [0, 0.05) is 6.04 Å². The fourth-order valence-electron chi connectivity index (χ4n) is 2.00. The number of hydrogen-bond donors (Lipinski definition) is 1. The maximum atomic E-state index is 5.78. The van der Waals surface area contributed by atoms with Gasteiger partial charge in [0.15, 0.2) is 0 Å². The summed E-state index contributed by atoms with van der Waals surface area (Å²) >= 11 is 0. The Morgan fingerprint density at radius 2 is 1.76 bits per heavy atom. The fraction of sp³-hybridized carbons (Fsp3) is 0.263. The molecule has 0 spiro atoms. The fourth-order valence-corrected chi connectivity index (χ4v) is 2.00. The normalized spacial score (nSPS) is 11.3. The van der Waals surface area contributed by atoms with Gasteiger partial charge < -0.3 is 4.74 Å². The summed E-state index contributed by atoms with van der Waals surface area (Å²) in [5, 5.41) is 3.36. The van der Waals surface area contributed by atoms with E-state index < -0.39 is 0 Å². The molecule has 0 heterocycles. The minimum absolute atomic E-state index is 0.286. The predicted molar refractivity (Wildman–Crippen MR) is 87.1 cm³/mol. The van der Waals surface area contributed by atoms with E-state index in [4.69, 9.17) is 4.74 Å². The van der Waals surface area contributed by atoms with Gasteiger partial charge in [0.2, 0.25) is 0 Å². The van der Waals surface area contributed by atoms with Crippen molar-refractivity contribution in [3.05, 3.63) is 65.7 Å². The lowest BCUT2D eigenvalue weighted by atomic mass is 10.1. The van der Waals surface area contributed by atoms with E-state index in [1.54, 1.807) is 0 Å². The summed E-state index contributed by atoms with van der Waals surface area (Å²) in [6.07, 6.45) is 0. The molecule has 1 unspecified atom stereocenters. The molecule has 0 fully saturated rings. The van der Waals surface area contributed by atoms with Crippen molar-refractivity contribution in [2.75, 3.05) is 6.54 Å². The van der Waals surface area contributed by atoms with Gasteiger partial charge in [-0.15, -0.1) is 5.92 Å². The second-order valence-electron chi connectivity index (χ2n) is 4.87. The SMILES string of the molecule is CC#CCNC(C)c1ccc(OCc2ccccc2)cc1. The number of hydrogen-bond acceptors (Lipinski definition) is 2. The van der Waals surface area contributed by atoms with Gasteiger partial charge >= 0.3 is 0 Å². The highest BCUT2D eigenvalue weighted by atomic mass is 16.5. The Kier molecular flexibility index (Phi) is 5.87. The van der Waals surface area contributed by atoms with Crippen LogP contribution in [0.15, 0.2) is 54.6 Å². The number of benzene rings is 2. The topological polar surface area (TPSA) is 21.3 Å². The van der Waals surface area contributed by atoms with E-state index in [9.17, 15) is 0 Å². The molecule has 0 bridgehead atoms. The van der Waals surface area contributed by atoms with Crippen LogP contribution in [-0.4, -0.2) is 6.54 Å². The Balaban J connectivity index is 1.87. The Labute approximate surface area is 127 Å². The minimum atomic E-state index is 0.286. The number of rotatable bonds is 6. The molecule has 2 rings (SSSR count). The van der Waals surface area contributed by atoms with Gasteiger partial charge in [-0.2, -0.15) is 0 Å². The molecule has 1 atom stereocenters. The quantitative estimate of drug-likeness (QED) is 0.809. The van der Waals surface area contributed by atoms with Gasteiger partial charge in [0.1, 0.15) is 12.4 Å². The molecule has 108 valence electrons. The summed E-state index contributed by atoms with van der Waals surface area (Å²) in [6.45, 7) is 5.30. The summed E-state index contributed by atoms with van der Waals surface area (Å²) in [5.74, 6) is 6.79. The van der Waals surface area contributed by atoms with Crippen LogP contribution in [0.4, 0.5) is 0 Å². The third-order valence-corrected chi connectivity index (χ3v) is 3.30. The highest BCUT2D eigenvalue weighted by Gasteiger charge is 2.04. The highest BCUT2D eigenvalue weighted by Crippen LogP contribution is 2.18. The third kappa shape index (κ3) is 4.98. The first-order valence-electron chi connectivity index (χ1n) is 7.19. The second-order valence-corrected chi connectivity index (χ2v) is 4.87. The van der Waals surface area contributed by atoms with Crippen LogP contribution in [0.3, 0.4) is 0 Å². The molecule has 2 aromatic rings. The van der Waals surface area contributed by atoms with Gasteiger partial charge in [-0.25, -0.2) is 0 Å².